The third-order valence-electron chi connectivity index (χ3n) is 4.28. The molecule has 0 saturated heterocycles. The quantitative estimate of drug-likeness (QED) is 0.423. The van der Waals surface area contributed by atoms with Crippen LogP contribution in [0.15, 0.2) is 18.2 Å². The molecule has 0 heterocycles. The molecule has 0 spiro atoms. The molecule has 1 saturated carbocycles. The standard InChI is InChI=1S/C19H28N2O5/c1-19(2,3)26-18(22)20(4)17-13-15(11-12-16(17)21(23)24)25-14-9-7-5-6-8-10-14/h11-14H,5-10H2,1-4H3. The number of carbonyl (C=O) groups is 1. The third-order valence-corrected chi connectivity index (χ3v) is 4.28. The van der Waals surface area contributed by atoms with Crippen LogP contribution in [0.3, 0.4) is 0 Å². The summed E-state index contributed by atoms with van der Waals surface area (Å²) < 4.78 is 11.4. The van der Waals surface area contributed by atoms with Gasteiger partial charge in [-0.2, -0.15) is 0 Å². The van der Waals surface area contributed by atoms with Gasteiger partial charge in [0.2, 0.25) is 0 Å². The van der Waals surface area contributed by atoms with E-state index in [1.807, 2.05) is 0 Å². The van der Waals surface area contributed by atoms with Gasteiger partial charge in [-0.05, 0) is 52.5 Å². The predicted molar refractivity (Wildman–Crippen MR) is 99.9 cm³/mol. The Morgan fingerprint density at radius 2 is 1.81 bits per heavy atom. The highest BCUT2D eigenvalue weighted by atomic mass is 16.6. The van der Waals surface area contributed by atoms with Crippen LogP contribution in [0, 0.1) is 10.1 Å². The van der Waals surface area contributed by atoms with Crippen molar-refractivity contribution in [2.75, 3.05) is 11.9 Å². The number of ether oxygens (including phenoxy) is 2. The number of anilines is 1. The summed E-state index contributed by atoms with van der Waals surface area (Å²) in [5, 5.41) is 11.4. The Bertz CT molecular complexity index is 646. The van der Waals surface area contributed by atoms with Gasteiger partial charge in [0.25, 0.3) is 5.69 Å². The molecule has 1 aromatic carbocycles. The van der Waals surface area contributed by atoms with Gasteiger partial charge in [0.05, 0.1) is 11.0 Å². The normalized spacial score (nSPS) is 15.8. The molecule has 0 N–H and O–H groups in total. The molecule has 0 aliphatic heterocycles. The van der Waals surface area contributed by atoms with Crippen LogP contribution in [-0.2, 0) is 4.74 Å². The monoisotopic (exact) mass is 364 g/mol. The van der Waals surface area contributed by atoms with E-state index in [1.165, 1.54) is 26.0 Å². The zero-order valence-corrected chi connectivity index (χ0v) is 16.0. The van der Waals surface area contributed by atoms with E-state index in [1.54, 1.807) is 32.9 Å². The second-order valence-electron chi connectivity index (χ2n) is 7.68. The highest BCUT2D eigenvalue weighted by Gasteiger charge is 2.27. The van der Waals surface area contributed by atoms with E-state index < -0.39 is 16.6 Å². The van der Waals surface area contributed by atoms with E-state index in [0.29, 0.717) is 5.75 Å². The van der Waals surface area contributed by atoms with Gasteiger partial charge in [-0.3, -0.25) is 15.0 Å². The summed E-state index contributed by atoms with van der Waals surface area (Å²) in [5.74, 6) is 0.535. The lowest BCUT2D eigenvalue weighted by atomic mass is 10.1. The number of carbonyl (C=O) groups excluding carboxylic acids is 1. The van der Waals surface area contributed by atoms with Gasteiger partial charge in [0, 0.05) is 19.2 Å². The molecule has 0 atom stereocenters. The van der Waals surface area contributed by atoms with Crippen LogP contribution in [0.5, 0.6) is 5.75 Å². The first kappa shape index (κ1) is 20.0. The molecule has 0 radical (unpaired) electrons. The molecule has 26 heavy (non-hydrogen) atoms. The van der Waals surface area contributed by atoms with Gasteiger partial charge in [-0.25, -0.2) is 4.79 Å². The van der Waals surface area contributed by atoms with Crippen molar-refractivity contribution in [3.8, 4) is 5.75 Å². The summed E-state index contributed by atoms with van der Waals surface area (Å²) in [6, 6.07) is 4.52. The fourth-order valence-electron chi connectivity index (χ4n) is 2.98. The molecule has 2 rings (SSSR count). The van der Waals surface area contributed by atoms with Crippen molar-refractivity contribution in [2.45, 2.75) is 71.0 Å². The Labute approximate surface area is 154 Å². The van der Waals surface area contributed by atoms with E-state index in [9.17, 15) is 14.9 Å². The molecule has 0 aromatic heterocycles. The summed E-state index contributed by atoms with van der Waals surface area (Å²) >= 11 is 0. The van der Waals surface area contributed by atoms with E-state index in [4.69, 9.17) is 9.47 Å². The van der Waals surface area contributed by atoms with Crippen molar-refractivity contribution >= 4 is 17.5 Å². The van der Waals surface area contributed by atoms with E-state index >= 15 is 0 Å². The van der Waals surface area contributed by atoms with Crippen molar-refractivity contribution in [2.24, 2.45) is 0 Å². The molecule has 7 heteroatoms. The zero-order valence-electron chi connectivity index (χ0n) is 16.0. The highest BCUT2D eigenvalue weighted by molar-refractivity contribution is 5.90. The average molecular weight is 364 g/mol. The first-order valence-corrected chi connectivity index (χ1v) is 9.09. The number of hydrogen-bond donors (Lipinski definition) is 0. The fraction of sp³-hybridized carbons (Fsp3) is 0.632. The molecule has 1 fully saturated rings. The number of nitro benzene ring substituents is 1. The highest BCUT2D eigenvalue weighted by Crippen LogP contribution is 2.34. The summed E-state index contributed by atoms with van der Waals surface area (Å²) in [6.45, 7) is 5.25. The molecule has 1 aliphatic rings. The number of nitro groups is 1. The van der Waals surface area contributed by atoms with Crippen molar-refractivity contribution in [1.82, 2.24) is 0 Å². The van der Waals surface area contributed by atoms with Crippen molar-refractivity contribution < 1.29 is 19.2 Å². The largest absolute Gasteiger partial charge is 0.490 e. The first-order chi connectivity index (χ1) is 12.2. The molecule has 1 aromatic rings. The lowest BCUT2D eigenvalue weighted by Gasteiger charge is -2.25. The second kappa shape index (κ2) is 8.38. The number of benzene rings is 1. The van der Waals surface area contributed by atoms with Crippen LogP contribution in [0.2, 0.25) is 0 Å². The average Bonchev–Trinajstić information content (AvgIpc) is 2.81. The minimum Gasteiger partial charge on any atom is -0.490 e. The van der Waals surface area contributed by atoms with Crippen molar-refractivity contribution in [1.29, 1.82) is 0 Å². The van der Waals surface area contributed by atoms with Crippen LogP contribution in [-0.4, -0.2) is 29.8 Å². The van der Waals surface area contributed by atoms with Gasteiger partial charge in [0.1, 0.15) is 17.0 Å². The number of rotatable bonds is 4. The van der Waals surface area contributed by atoms with Crippen LogP contribution < -0.4 is 9.64 Å². The predicted octanol–water partition coefficient (Wildman–Crippen LogP) is 5.07. The maximum atomic E-state index is 12.3. The van der Waals surface area contributed by atoms with E-state index in [-0.39, 0.29) is 17.5 Å². The van der Waals surface area contributed by atoms with Crippen LogP contribution in [0.4, 0.5) is 16.2 Å². The Kier molecular flexibility index (Phi) is 6.45. The Morgan fingerprint density at radius 3 is 2.35 bits per heavy atom. The maximum absolute atomic E-state index is 12.3. The zero-order chi connectivity index (χ0) is 19.3. The van der Waals surface area contributed by atoms with Gasteiger partial charge in [0.15, 0.2) is 0 Å². The van der Waals surface area contributed by atoms with Crippen molar-refractivity contribution in [3.63, 3.8) is 0 Å². The van der Waals surface area contributed by atoms with Crippen LogP contribution in [0.25, 0.3) is 0 Å². The molecule has 1 amide bonds. The lowest BCUT2D eigenvalue weighted by Crippen LogP contribution is -2.34. The minimum atomic E-state index is -0.686. The van der Waals surface area contributed by atoms with Gasteiger partial charge < -0.3 is 9.47 Å². The molecular weight excluding hydrogens is 336 g/mol. The Hall–Kier alpha value is -2.31. The van der Waals surface area contributed by atoms with E-state index in [2.05, 4.69) is 0 Å². The lowest BCUT2D eigenvalue weighted by molar-refractivity contribution is -0.384. The Balaban J connectivity index is 2.24. The van der Waals surface area contributed by atoms with Gasteiger partial charge >= 0.3 is 6.09 Å². The van der Waals surface area contributed by atoms with E-state index in [0.717, 1.165) is 30.6 Å². The third kappa shape index (κ3) is 5.61. The first-order valence-electron chi connectivity index (χ1n) is 9.09. The molecule has 0 bridgehead atoms. The minimum absolute atomic E-state index is 0.110. The molecule has 0 unspecified atom stereocenters. The summed E-state index contributed by atoms with van der Waals surface area (Å²) in [5.41, 5.74) is -0.684. The summed E-state index contributed by atoms with van der Waals surface area (Å²) in [6.07, 6.45) is 6.11. The van der Waals surface area contributed by atoms with Crippen molar-refractivity contribution in [3.05, 3.63) is 28.3 Å². The van der Waals surface area contributed by atoms with Gasteiger partial charge in [-0.1, -0.05) is 12.8 Å². The number of hydrogen-bond acceptors (Lipinski definition) is 5. The summed E-state index contributed by atoms with van der Waals surface area (Å²) in [7, 11) is 1.46. The number of nitrogens with zero attached hydrogens (tertiary/aromatic N) is 2. The Morgan fingerprint density at radius 1 is 1.19 bits per heavy atom. The molecule has 7 nitrogen and oxygen atoms in total. The molecule has 144 valence electrons. The second-order valence-corrected chi connectivity index (χ2v) is 7.68. The van der Waals surface area contributed by atoms with Gasteiger partial charge in [-0.15, -0.1) is 0 Å². The number of amides is 1. The summed E-state index contributed by atoms with van der Waals surface area (Å²) in [4.78, 5) is 24.3. The topological polar surface area (TPSA) is 81.9 Å². The fourth-order valence-corrected chi connectivity index (χ4v) is 2.98. The van der Waals surface area contributed by atoms with Crippen LogP contribution >= 0.6 is 0 Å². The smallest absolute Gasteiger partial charge is 0.414 e. The maximum Gasteiger partial charge on any atom is 0.414 e. The molecular formula is C19H28N2O5. The molecule has 1 aliphatic carbocycles. The van der Waals surface area contributed by atoms with Crippen LogP contribution in [0.1, 0.15) is 59.3 Å². The SMILES string of the molecule is CN(C(=O)OC(C)(C)C)c1cc(OC2CCCCCC2)ccc1[N+](=O)[O-].